The summed E-state index contributed by atoms with van der Waals surface area (Å²) in [6.07, 6.45) is -8.06. The van der Waals surface area contributed by atoms with Crippen molar-refractivity contribution in [1.29, 1.82) is 0 Å². The normalized spacial score (nSPS) is 14.7. The van der Waals surface area contributed by atoms with E-state index in [9.17, 15) is 55.1 Å². The Balaban J connectivity index is 5.58. The molecule has 0 aromatic carbocycles. The lowest BCUT2D eigenvalue weighted by Crippen LogP contribution is -2.47. The smallest absolute Gasteiger partial charge is 0.422 e. The maximum Gasteiger partial charge on any atom is 0.422 e. The lowest BCUT2D eigenvalue weighted by molar-refractivity contribution is -0.190. The molecule has 0 aliphatic heterocycles. The van der Waals surface area contributed by atoms with Gasteiger partial charge in [-0.1, -0.05) is 69.2 Å². The largest absolute Gasteiger partial charge is 0.454 e. The van der Waals surface area contributed by atoms with Gasteiger partial charge in [-0.25, -0.2) is 19.2 Å². The summed E-state index contributed by atoms with van der Waals surface area (Å²) in [5, 5.41) is 0. The van der Waals surface area contributed by atoms with Gasteiger partial charge in [-0.05, 0) is 54.3 Å². The number of hydrogen-bond donors (Lipinski definition) is 0. The number of alkyl halides is 6. The van der Waals surface area contributed by atoms with Crippen LogP contribution in [-0.2, 0) is 57.2 Å². The second kappa shape index (κ2) is 19.1. The van der Waals surface area contributed by atoms with E-state index in [4.69, 9.17) is 9.47 Å². The van der Waals surface area contributed by atoms with Crippen molar-refractivity contribution < 1.29 is 83.5 Å². The average molecular weight is 781 g/mol. The fourth-order valence-electron chi connectivity index (χ4n) is 5.26. The Bertz CT molecular complexity index is 1280. The highest BCUT2D eigenvalue weighted by atomic mass is 19.4. The van der Waals surface area contributed by atoms with Gasteiger partial charge < -0.3 is 28.4 Å². The topological polar surface area (TPSA) is 158 Å². The van der Waals surface area contributed by atoms with Crippen LogP contribution in [0.15, 0.2) is 0 Å². The van der Waals surface area contributed by atoms with Crippen LogP contribution in [0.1, 0.15) is 102 Å². The molecule has 18 heteroatoms. The van der Waals surface area contributed by atoms with Gasteiger partial charge in [0.2, 0.25) is 0 Å². The van der Waals surface area contributed by atoms with E-state index in [2.05, 4.69) is 18.9 Å². The molecule has 0 aromatic rings. The maximum atomic E-state index is 13.6. The van der Waals surface area contributed by atoms with Crippen LogP contribution in [0.2, 0.25) is 0 Å². The Hall–Kier alpha value is -3.60. The van der Waals surface area contributed by atoms with Crippen molar-refractivity contribution in [1.82, 2.24) is 0 Å². The molecule has 0 bridgehead atoms. The first-order valence-electron chi connectivity index (χ1n) is 16.7. The van der Waals surface area contributed by atoms with Gasteiger partial charge in [0.1, 0.15) is 0 Å². The summed E-state index contributed by atoms with van der Waals surface area (Å²) in [6.45, 7) is 12.6. The Morgan fingerprint density at radius 3 is 1.26 bits per heavy atom. The predicted octanol–water partition coefficient (Wildman–Crippen LogP) is 6.70. The molecule has 0 spiro atoms. The lowest BCUT2D eigenvalue weighted by atomic mass is 9.57. The van der Waals surface area contributed by atoms with Crippen molar-refractivity contribution in [2.45, 2.75) is 114 Å². The van der Waals surface area contributed by atoms with Gasteiger partial charge >= 0.3 is 48.2 Å². The molecule has 12 nitrogen and oxygen atoms in total. The molecule has 0 aliphatic carbocycles. The minimum atomic E-state index is -4.76. The molecular weight excluding hydrogens is 726 g/mol. The van der Waals surface area contributed by atoms with Crippen LogP contribution in [0.4, 0.5) is 26.3 Å². The standard InChI is InChI=1S/C35H54F6O12/c1-29(2,3)19-33(11,28(47)51-18-24(43)49-16-26(45)53-21-35(39,40)41)32(9,10)13-12-31(7,8)14-22(30(4,5)6)27(46)50-17-23(42)48-15-25(44)52-20-34(36,37)38/h22H,12-21H2,1-11H3. The number of halogens is 6. The lowest BCUT2D eigenvalue weighted by Gasteiger charge is -2.47. The molecule has 0 aromatic heterocycles. The second-order valence-corrected chi connectivity index (χ2v) is 16.8. The molecule has 0 N–H and O–H groups in total. The Labute approximate surface area is 306 Å². The first-order chi connectivity index (χ1) is 23.6. The van der Waals surface area contributed by atoms with E-state index in [1.807, 2.05) is 48.5 Å². The first-order valence-corrected chi connectivity index (χ1v) is 16.7. The SMILES string of the molecule is CC(C)(C)CC(C)(C(=O)OCC(=O)OCC(=O)OCC(F)(F)F)C(C)(C)CCC(C)(C)CC(C(=O)OCC(=O)OCC(=O)OCC(F)(F)F)C(C)(C)C. The van der Waals surface area contributed by atoms with Crippen molar-refractivity contribution in [3.8, 4) is 0 Å². The van der Waals surface area contributed by atoms with Gasteiger partial charge in [-0.2, -0.15) is 26.3 Å². The monoisotopic (exact) mass is 780 g/mol. The molecular formula is C35H54F6O12. The van der Waals surface area contributed by atoms with Crippen molar-refractivity contribution in [3.63, 3.8) is 0 Å². The van der Waals surface area contributed by atoms with Crippen LogP contribution in [-0.4, -0.2) is 87.8 Å². The van der Waals surface area contributed by atoms with Gasteiger partial charge in [0.05, 0.1) is 11.3 Å². The average Bonchev–Trinajstić information content (AvgIpc) is 2.97. The van der Waals surface area contributed by atoms with Crippen LogP contribution in [0.5, 0.6) is 0 Å². The second-order valence-electron chi connectivity index (χ2n) is 16.8. The molecule has 2 unspecified atom stereocenters. The van der Waals surface area contributed by atoms with Crippen LogP contribution < -0.4 is 0 Å². The summed E-state index contributed by atoms with van der Waals surface area (Å²) >= 11 is 0. The van der Waals surface area contributed by atoms with Crippen molar-refractivity contribution in [2.75, 3.05) is 39.6 Å². The van der Waals surface area contributed by atoms with Crippen molar-refractivity contribution in [2.24, 2.45) is 33.0 Å². The third kappa shape index (κ3) is 20.4. The molecule has 2 atom stereocenters. The van der Waals surface area contributed by atoms with Gasteiger partial charge in [-0.15, -0.1) is 0 Å². The first kappa shape index (κ1) is 49.4. The van der Waals surface area contributed by atoms with E-state index in [1.54, 1.807) is 27.7 Å². The van der Waals surface area contributed by atoms with Crippen molar-refractivity contribution >= 4 is 35.8 Å². The zero-order valence-electron chi connectivity index (χ0n) is 32.3. The molecule has 0 heterocycles. The molecule has 0 aliphatic rings. The van der Waals surface area contributed by atoms with Gasteiger partial charge in [0.25, 0.3) is 0 Å². The summed E-state index contributed by atoms with van der Waals surface area (Å²) in [5.74, 6) is -7.45. The van der Waals surface area contributed by atoms with Gasteiger partial charge in [0.15, 0.2) is 39.6 Å². The zero-order chi connectivity index (χ0) is 41.9. The van der Waals surface area contributed by atoms with Gasteiger partial charge in [-0.3, -0.25) is 9.59 Å². The zero-order valence-corrected chi connectivity index (χ0v) is 32.3. The van der Waals surface area contributed by atoms with Crippen LogP contribution in [0.3, 0.4) is 0 Å². The number of rotatable bonds is 19. The van der Waals surface area contributed by atoms with E-state index in [0.29, 0.717) is 19.3 Å². The fraction of sp³-hybridized carbons (Fsp3) is 0.829. The number of hydrogen-bond acceptors (Lipinski definition) is 12. The van der Waals surface area contributed by atoms with Crippen LogP contribution >= 0.6 is 0 Å². The molecule has 0 amide bonds. The quantitative estimate of drug-likeness (QED) is 0.0778. The number of carbonyl (C=O) groups excluding carboxylic acids is 6. The molecule has 0 saturated carbocycles. The van der Waals surface area contributed by atoms with E-state index in [0.717, 1.165) is 0 Å². The highest BCUT2D eigenvalue weighted by Crippen LogP contribution is 2.52. The summed E-state index contributed by atoms with van der Waals surface area (Å²) in [5.41, 5.74) is -3.62. The highest BCUT2D eigenvalue weighted by molar-refractivity contribution is 5.82. The molecule has 0 radical (unpaired) electrons. The third-order valence-corrected chi connectivity index (χ3v) is 8.49. The molecule has 53 heavy (non-hydrogen) atoms. The molecule has 0 saturated heterocycles. The predicted molar refractivity (Wildman–Crippen MR) is 174 cm³/mol. The summed E-state index contributed by atoms with van der Waals surface area (Å²) in [4.78, 5) is 73.8. The van der Waals surface area contributed by atoms with E-state index in [-0.39, 0.29) is 6.42 Å². The minimum absolute atomic E-state index is 0.266. The summed E-state index contributed by atoms with van der Waals surface area (Å²) in [6, 6.07) is 0. The fourth-order valence-corrected chi connectivity index (χ4v) is 5.26. The van der Waals surface area contributed by atoms with Crippen LogP contribution in [0, 0.1) is 33.0 Å². The Morgan fingerprint density at radius 2 is 0.887 bits per heavy atom. The number of esters is 6. The molecule has 0 fully saturated rings. The molecule has 308 valence electrons. The van der Waals surface area contributed by atoms with E-state index in [1.165, 1.54) is 0 Å². The maximum absolute atomic E-state index is 13.6. The van der Waals surface area contributed by atoms with E-state index >= 15 is 0 Å². The molecule has 0 rings (SSSR count). The minimum Gasteiger partial charge on any atom is -0.454 e. The Morgan fingerprint density at radius 1 is 0.509 bits per heavy atom. The van der Waals surface area contributed by atoms with Crippen LogP contribution in [0.25, 0.3) is 0 Å². The van der Waals surface area contributed by atoms with Gasteiger partial charge in [0, 0.05) is 0 Å². The highest BCUT2D eigenvalue weighted by Gasteiger charge is 2.51. The number of carbonyl (C=O) groups is 6. The summed E-state index contributed by atoms with van der Waals surface area (Å²) < 4.78 is 101. The van der Waals surface area contributed by atoms with E-state index < -0.39 is 121 Å². The number of ether oxygens (including phenoxy) is 6. The summed E-state index contributed by atoms with van der Waals surface area (Å²) in [7, 11) is 0. The Kier molecular flexibility index (Phi) is 17.8. The third-order valence-electron chi connectivity index (χ3n) is 8.49. The van der Waals surface area contributed by atoms with Crippen molar-refractivity contribution in [3.05, 3.63) is 0 Å².